The number of hydrogen-bond acceptors (Lipinski definition) is 5. The molecule has 1 heterocycles. The number of rotatable bonds is 5. The van der Waals surface area contributed by atoms with Crippen molar-refractivity contribution in [3.8, 4) is 0 Å². The van der Waals surface area contributed by atoms with Crippen LogP contribution in [0.3, 0.4) is 0 Å². The van der Waals surface area contributed by atoms with Gasteiger partial charge in [-0.1, -0.05) is 0 Å². The molecule has 2 fully saturated rings. The number of nitrogens with zero attached hydrogens (tertiary/aromatic N) is 2. The Morgan fingerprint density at radius 1 is 1.28 bits per heavy atom. The molecule has 3 N–H and O–H groups in total. The Balaban J connectivity index is 1.93. The lowest BCUT2D eigenvalue weighted by atomic mass is 10.2. The minimum atomic E-state index is -0.134. The van der Waals surface area contributed by atoms with E-state index in [2.05, 4.69) is 20.6 Å². The van der Waals surface area contributed by atoms with Crippen molar-refractivity contribution in [2.45, 2.75) is 44.1 Å². The molecule has 0 radical (unpaired) electrons. The molecular weight excluding hydrogens is 228 g/mol. The maximum absolute atomic E-state index is 9.40. The van der Waals surface area contributed by atoms with Gasteiger partial charge in [0.15, 0.2) is 0 Å². The third-order valence-corrected chi connectivity index (χ3v) is 3.88. The van der Waals surface area contributed by atoms with Crippen LogP contribution in [0.1, 0.15) is 43.0 Å². The zero-order valence-corrected chi connectivity index (χ0v) is 11.0. The first kappa shape index (κ1) is 11.7. The lowest BCUT2D eigenvalue weighted by molar-refractivity contribution is 0.266. The largest absolute Gasteiger partial charge is 0.394 e. The summed E-state index contributed by atoms with van der Waals surface area (Å²) in [4.78, 5) is 9.21. The second-order valence-electron chi connectivity index (χ2n) is 5.49. The zero-order valence-electron chi connectivity index (χ0n) is 11.0. The fourth-order valence-electron chi connectivity index (χ4n) is 2.15. The van der Waals surface area contributed by atoms with Gasteiger partial charge in [0.25, 0.3) is 0 Å². The third kappa shape index (κ3) is 2.03. The summed E-state index contributed by atoms with van der Waals surface area (Å²) in [6.07, 6.45) is 4.41. The molecular formula is C13H20N4O. The van der Waals surface area contributed by atoms with Crippen LogP contribution >= 0.6 is 0 Å². The highest BCUT2D eigenvalue weighted by Crippen LogP contribution is 2.42. The molecule has 5 nitrogen and oxygen atoms in total. The molecule has 5 heteroatoms. The van der Waals surface area contributed by atoms with E-state index in [4.69, 9.17) is 0 Å². The van der Waals surface area contributed by atoms with E-state index in [1.54, 1.807) is 0 Å². The van der Waals surface area contributed by atoms with Crippen LogP contribution in [0.15, 0.2) is 0 Å². The molecule has 0 unspecified atom stereocenters. The number of aromatic nitrogens is 2. The van der Waals surface area contributed by atoms with Crippen molar-refractivity contribution in [1.29, 1.82) is 0 Å². The molecule has 2 saturated carbocycles. The quantitative estimate of drug-likeness (QED) is 0.739. The van der Waals surface area contributed by atoms with Crippen molar-refractivity contribution in [2.24, 2.45) is 0 Å². The Morgan fingerprint density at radius 2 is 1.94 bits per heavy atom. The van der Waals surface area contributed by atoms with Crippen LogP contribution in [-0.4, -0.2) is 34.3 Å². The van der Waals surface area contributed by atoms with E-state index < -0.39 is 0 Å². The Kier molecular flexibility index (Phi) is 2.66. The molecule has 2 aliphatic carbocycles. The van der Waals surface area contributed by atoms with Crippen LogP contribution < -0.4 is 10.6 Å². The molecule has 0 spiro atoms. The maximum Gasteiger partial charge on any atom is 0.136 e. The van der Waals surface area contributed by atoms with Crippen LogP contribution in [-0.2, 0) is 0 Å². The van der Waals surface area contributed by atoms with E-state index in [0.29, 0.717) is 5.92 Å². The molecule has 0 saturated heterocycles. The molecule has 2 aliphatic rings. The second kappa shape index (κ2) is 4.09. The normalized spacial score (nSPS) is 20.6. The number of nitrogens with one attached hydrogen (secondary N) is 2. The van der Waals surface area contributed by atoms with Gasteiger partial charge < -0.3 is 15.7 Å². The first-order valence-electron chi connectivity index (χ1n) is 6.63. The number of anilines is 2. The molecule has 0 atom stereocenters. The highest BCUT2D eigenvalue weighted by atomic mass is 16.3. The SMILES string of the molecule is CNc1nc(C2CC2)nc(NC2(CO)CC2)c1C. The minimum Gasteiger partial charge on any atom is -0.394 e. The Labute approximate surface area is 107 Å². The first-order valence-corrected chi connectivity index (χ1v) is 6.63. The second-order valence-corrected chi connectivity index (χ2v) is 5.49. The molecule has 0 amide bonds. The zero-order chi connectivity index (χ0) is 12.8. The predicted octanol–water partition coefficient (Wildman–Crippen LogP) is 1.64. The van der Waals surface area contributed by atoms with Crippen LogP contribution in [0, 0.1) is 6.92 Å². The monoisotopic (exact) mass is 248 g/mol. The Bertz CT molecular complexity index is 466. The van der Waals surface area contributed by atoms with Gasteiger partial charge in [-0.2, -0.15) is 0 Å². The van der Waals surface area contributed by atoms with Gasteiger partial charge in [0, 0.05) is 18.5 Å². The smallest absolute Gasteiger partial charge is 0.136 e. The van der Waals surface area contributed by atoms with E-state index in [1.165, 1.54) is 12.8 Å². The van der Waals surface area contributed by atoms with Gasteiger partial charge in [0.2, 0.25) is 0 Å². The molecule has 3 rings (SSSR count). The summed E-state index contributed by atoms with van der Waals surface area (Å²) in [5.74, 6) is 3.23. The van der Waals surface area contributed by atoms with Crippen molar-refractivity contribution >= 4 is 11.6 Å². The highest BCUT2D eigenvalue weighted by Gasteiger charge is 2.43. The standard InChI is InChI=1S/C13H20N4O/c1-8-10(14-2)15-12(9-3-4-9)16-11(8)17-13(7-18)5-6-13/h9,18H,3-7H2,1-2H3,(H2,14,15,16,17). The van der Waals surface area contributed by atoms with Crippen molar-refractivity contribution in [3.63, 3.8) is 0 Å². The molecule has 0 aromatic carbocycles. The summed E-state index contributed by atoms with van der Waals surface area (Å²) in [7, 11) is 1.88. The van der Waals surface area contributed by atoms with Gasteiger partial charge >= 0.3 is 0 Å². The van der Waals surface area contributed by atoms with Crippen LogP contribution in [0.25, 0.3) is 0 Å². The van der Waals surface area contributed by atoms with Crippen LogP contribution in [0.2, 0.25) is 0 Å². The van der Waals surface area contributed by atoms with Gasteiger partial charge in [-0.3, -0.25) is 0 Å². The third-order valence-electron chi connectivity index (χ3n) is 3.88. The number of aliphatic hydroxyl groups excluding tert-OH is 1. The summed E-state index contributed by atoms with van der Waals surface area (Å²) in [6, 6.07) is 0. The molecule has 0 aliphatic heterocycles. The summed E-state index contributed by atoms with van der Waals surface area (Å²) in [5.41, 5.74) is 0.895. The van der Waals surface area contributed by atoms with Gasteiger partial charge in [0.1, 0.15) is 17.5 Å². The molecule has 98 valence electrons. The molecule has 18 heavy (non-hydrogen) atoms. The lowest BCUT2D eigenvalue weighted by Gasteiger charge is -2.19. The maximum atomic E-state index is 9.40. The van der Waals surface area contributed by atoms with Crippen LogP contribution in [0.5, 0.6) is 0 Å². The summed E-state index contributed by atoms with van der Waals surface area (Å²) in [5, 5.41) is 15.9. The summed E-state index contributed by atoms with van der Waals surface area (Å²) >= 11 is 0. The van der Waals surface area contributed by atoms with Crippen LogP contribution in [0.4, 0.5) is 11.6 Å². The van der Waals surface area contributed by atoms with E-state index in [0.717, 1.165) is 35.9 Å². The van der Waals surface area contributed by atoms with Crippen molar-refractivity contribution < 1.29 is 5.11 Å². The van der Waals surface area contributed by atoms with E-state index in [-0.39, 0.29) is 12.1 Å². The van der Waals surface area contributed by atoms with Gasteiger partial charge in [-0.15, -0.1) is 0 Å². The highest BCUT2D eigenvalue weighted by molar-refractivity contribution is 5.59. The van der Waals surface area contributed by atoms with E-state index in [9.17, 15) is 5.11 Å². The van der Waals surface area contributed by atoms with Crippen molar-refractivity contribution in [2.75, 3.05) is 24.3 Å². The minimum absolute atomic E-state index is 0.134. The van der Waals surface area contributed by atoms with E-state index in [1.807, 2.05) is 14.0 Å². The summed E-state index contributed by atoms with van der Waals surface area (Å²) < 4.78 is 0. The molecule has 1 aromatic rings. The summed E-state index contributed by atoms with van der Waals surface area (Å²) in [6.45, 7) is 2.18. The van der Waals surface area contributed by atoms with Gasteiger partial charge in [-0.25, -0.2) is 9.97 Å². The van der Waals surface area contributed by atoms with Crippen molar-refractivity contribution in [1.82, 2.24) is 9.97 Å². The Hall–Kier alpha value is -1.36. The average Bonchev–Trinajstić information content (AvgIpc) is 3.26. The average molecular weight is 248 g/mol. The lowest BCUT2D eigenvalue weighted by Crippen LogP contribution is -2.27. The number of aliphatic hydroxyl groups is 1. The number of hydrogen-bond donors (Lipinski definition) is 3. The fraction of sp³-hybridized carbons (Fsp3) is 0.692. The topological polar surface area (TPSA) is 70.1 Å². The van der Waals surface area contributed by atoms with Crippen molar-refractivity contribution in [3.05, 3.63) is 11.4 Å². The van der Waals surface area contributed by atoms with Gasteiger partial charge in [0.05, 0.1) is 12.1 Å². The molecule has 0 bridgehead atoms. The fourth-order valence-corrected chi connectivity index (χ4v) is 2.15. The first-order chi connectivity index (χ1) is 8.67. The predicted molar refractivity (Wildman–Crippen MR) is 71.0 cm³/mol. The molecule has 1 aromatic heterocycles. The Morgan fingerprint density at radius 3 is 2.44 bits per heavy atom. The van der Waals surface area contributed by atoms with E-state index >= 15 is 0 Å². The van der Waals surface area contributed by atoms with Gasteiger partial charge in [-0.05, 0) is 32.6 Å².